The van der Waals surface area contributed by atoms with Crippen molar-refractivity contribution in [3.63, 3.8) is 0 Å². The van der Waals surface area contributed by atoms with Gasteiger partial charge in [-0.05, 0) is 58.2 Å². The van der Waals surface area contributed by atoms with Gasteiger partial charge >= 0.3 is 21.1 Å². The minimum absolute atomic E-state index is 0. The summed E-state index contributed by atoms with van der Waals surface area (Å²) in [7, 11) is 0. The van der Waals surface area contributed by atoms with Gasteiger partial charge in [0.25, 0.3) is 0 Å². The first-order valence-corrected chi connectivity index (χ1v) is 13.0. The molecule has 0 aliphatic carbocycles. The first-order valence-electron chi connectivity index (χ1n) is 13.0. The summed E-state index contributed by atoms with van der Waals surface area (Å²) in [4.78, 5) is 13.6. The third-order valence-electron chi connectivity index (χ3n) is 7.16. The van der Waals surface area contributed by atoms with E-state index >= 15 is 0 Å². The Kier molecular flexibility index (Phi) is 6.30. The van der Waals surface area contributed by atoms with E-state index in [1.807, 2.05) is 72.9 Å². The molecule has 4 heterocycles. The van der Waals surface area contributed by atoms with Crippen LogP contribution in [-0.2, 0) is 21.1 Å². The van der Waals surface area contributed by atoms with Gasteiger partial charge in [-0.3, -0.25) is 9.97 Å². The third kappa shape index (κ3) is 4.35. The van der Waals surface area contributed by atoms with Crippen LogP contribution in [0.15, 0.2) is 126 Å². The van der Waals surface area contributed by atoms with Crippen molar-refractivity contribution < 1.29 is 25.5 Å². The molecule has 0 fully saturated rings. The summed E-state index contributed by atoms with van der Waals surface area (Å²) >= 11 is 0. The Morgan fingerprint density at radius 2 is 1.61 bits per heavy atom. The molecule has 0 aliphatic rings. The molecule has 0 spiro atoms. The maximum atomic E-state index is 6.27. The molecule has 0 N–H and O–H groups in total. The normalized spacial score (nSPS) is 11.2. The van der Waals surface area contributed by atoms with Crippen LogP contribution >= 0.6 is 0 Å². The minimum Gasteiger partial charge on any atom is -0.481 e. The average Bonchev–Trinajstić information content (AvgIpc) is 3.60. The zero-order chi connectivity index (χ0) is 26.5. The summed E-state index contributed by atoms with van der Waals surface area (Å²) in [5, 5.41) is 2.25. The molecule has 0 bridgehead atoms. The van der Waals surface area contributed by atoms with Gasteiger partial charge in [0.1, 0.15) is 11.5 Å². The first-order chi connectivity index (χ1) is 19.8. The van der Waals surface area contributed by atoms with Gasteiger partial charge in [-0.25, -0.2) is 0 Å². The van der Waals surface area contributed by atoms with E-state index in [2.05, 4.69) is 63.1 Å². The molecule has 8 aromatic rings. The summed E-state index contributed by atoms with van der Waals surface area (Å²) < 4.78 is 8.47. The van der Waals surface area contributed by atoms with Gasteiger partial charge in [0.15, 0.2) is 0 Å². The number of para-hydroxylation sites is 1. The molecule has 196 valence electrons. The van der Waals surface area contributed by atoms with Crippen LogP contribution in [-0.4, -0.2) is 19.5 Å². The van der Waals surface area contributed by atoms with E-state index < -0.39 is 0 Å². The molecule has 0 radical (unpaired) electrons. The van der Waals surface area contributed by atoms with Crippen LogP contribution in [0.1, 0.15) is 0 Å². The Labute approximate surface area is 250 Å². The van der Waals surface area contributed by atoms with Gasteiger partial charge in [0, 0.05) is 29.7 Å². The molecule has 0 aliphatic heterocycles. The molecule has 5 nitrogen and oxygen atoms in total. The Bertz CT molecular complexity index is 2170. The molecular formula is C35H20N4OPt. The van der Waals surface area contributed by atoms with Crippen LogP contribution in [0.4, 0.5) is 0 Å². The number of oxazole rings is 1. The maximum absolute atomic E-state index is 6.27. The Morgan fingerprint density at radius 1 is 0.683 bits per heavy atom. The van der Waals surface area contributed by atoms with E-state index in [-0.39, 0.29) is 21.1 Å². The van der Waals surface area contributed by atoms with E-state index in [1.165, 1.54) is 0 Å². The van der Waals surface area contributed by atoms with Crippen molar-refractivity contribution in [1.82, 2.24) is 19.5 Å². The summed E-state index contributed by atoms with van der Waals surface area (Å²) in [6, 6.07) is 41.8. The Hall–Kier alpha value is -4.86. The predicted molar refractivity (Wildman–Crippen MR) is 158 cm³/mol. The monoisotopic (exact) mass is 707 g/mol. The summed E-state index contributed by atoms with van der Waals surface area (Å²) in [5.74, 6) is 0.531. The number of nitrogens with zero attached hydrogens (tertiary/aromatic N) is 4. The molecule has 0 saturated carbocycles. The topological polar surface area (TPSA) is 56.7 Å². The number of aromatic nitrogens is 4. The second-order valence-electron chi connectivity index (χ2n) is 9.59. The number of hydrogen-bond donors (Lipinski definition) is 0. The van der Waals surface area contributed by atoms with Crippen LogP contribution in [0.25, 0.3) is 72.4 Å². The number of fused-ring (bicyclic) bond motifs is 4. The van der Waals surface area contributed by atoms with Gasteiger partial charge in [0.05, 0.1) is 5.52 Å². The second kappa shape index (κ2) is 10.3. The van der Waals surface area contributed by atoms with Gasteiger partial charge < -0.3 is 14.0 Å². The van der Waals surface area contributed by atoms with Crippen molar-refractivity contribution in [3.05, 3.63) is 134 Å². The predicted octanol–water partition coefficient (Wildman–Crippen LogP) is 8.31. The van der Waals surface area contributed by atoms with Crippen LogP contribution < -0.4 is 0 Å². The molecule has 6 heteroatoms. The van der Waals surface area contributed by atoms with Crippen LogP contribution in [0.3, 0.4) is 0 Å². The quantitative estimate of drug-likeness (QED) is 0.173. The largest absolute Gasteiger partial charge is 2.00 e. The van der Waals surface area contributed by atoms with E-state index in [9.17, 15) is 0 Å². The van der Waals surface area contributed by atoms with E-state index in [4.69, 9.17) is 9.40 Å². The maximum Gasteiger partial charge on any atom is 2.00 e. The standard InChI is InChI=1S/C35H20N4O.Pt/c1-2-12-32-28(10-1)29-15-13-25(35-38-31-16-14-23(21-34(31)40-35)26-8-6-17-36-22-26)20-33(29)39(32)27-9-5-7-24(19-27)30-11-3-4-18-37-30;/h1-18,21-22H;/q-2;+2. The number of rotatable bonds is 4. The van der Waals surface area contributed by atoms with Gasteiger partial charge in [-0.15, -0.1) is 48.0 Å². The molecule has 8 rings (SSSR count). The molecule has 4 aromatic carbocycles. The van der Waals surface area contributed by atoms with Crippen LogP contribution in [0, 0.1) is 12.1 Å². The molecular weight excluding hydrogens is 687 g/mol. The summed E-state index contributed by atoms with van der Waals surface area (Å²) in [6.07, 6.45) is 5.42. The van der Waals surface area contributed by atoms with Crippen molar-refractivity contribution in [3.8, 4) is 39.5 Å². The molecule has 4 aromatic heterocycles. The SMILES string of the molecule is [Pt+2].[c-]1c(-c2ccccn2)cccc1-n1c2[c-]c(-c3nc4ccc(-c5cccnc5)cc4o3)ccc2c2ccccc21. The molecule has 41 heavy (non-hydrogen) atoms. The first kappa shape index (κ1) is 25.1. The molecule has 0 unspecified atom stereocenters. The van der Waals surface area contributed by atoms with E-state index in [1.54, 1.807) is 12.4 Å². The minimum atomic E-state index is 0. The van der Waals surface area contributed by atoms with Crippen LogP contribution in [0.2, 0.25) is 0 Å². The zero-order valence-corrected chi connectivity index (χ0v) is 23.8. The van der Waals surface area contributed by atoms with Crippen molar-refractivity contribution in [1.29, 1.82) is 0 Å². The summed E-state index contributed by atoms with van der Waals surface area (Å²) in [5.41, 5.74) is 9.13. The van der Waals surface area contributed by atoms with Gasteiger partial charge in [-0.1, -0.05) is 53.4 Å². The Morgan fingerprint density at radius 3 is 2.49 bits per heavy atom. The van der Waals surface area contributed by atoms with Gasteiger partial charge in [-0.2, -0.15) is 0 Å². The van der Waals surface area contributed by atoms with Crippen LogP contribution in [0.5, 0.6) is 0 Å². The fraction of sp³-hybridized carbons (Fsp3) is 0. The molecule has 0 amide bonds. The smallest absolute Gasteiger partial charge is 0.481 e. The fourth-order valence-corrected chi connectivity index (χ4v) is 5.28. The Balaban J connectivity index is 0.00000276. The van der Waals surface area contributed by atoms with E-state index in [0.29, 0.717) is 5.89 Å². The summed E-state index contributed by atoms with van der Waals surface area (Å²) in [6.45, 7) is 0. The number of pyridine rings is 2. The number of benzene rings is 4. The van der Waals surface area contributed by atoms with Crippen molar-refractivity contribution in [2.45, 2.75) is 0 Å². The average molecular weight is 708 g/mol. The third-order valence-corrected chi connectivity index (χ3v) is 7.16. The van der Waals surface area contributed by atoms with Crippen molar-refractivity contribution >= 4 is 32.9 Å². The number of hydrogen-bond acceptors (Lipinski definition) is 4. The molecule has 0 atom stereocenters. The van der Waals surface area contributed by atoms with Gasteiger partial charge in [0.2, 0.25) is 0 Å². The van der Waals surface area contributed by atoms with E-state index in [0.717, 1.165) is 66.5 Å². The zero-order valence-electron chi connectivity index (χ0n) is 21.6. The molecule has 0 saturated heterocycles. The van der Waals surface area contributed by atoms with Crippen molar-refractivity contribution in [2.75, 3.05) is 0 Å². The fourth-order valence-electron chi connectivity index (χ4n) is 5.28. The van der Waals surface area contributed by atoms with Crippen molar-refractivity contribution in [2.24, 2.45) is 0 Å². The second-order valence-corrected chi connectivity index (χ2v) is 9.59.